The molecule has 0 saturated heterocycles. The third-order valence-electron chi connectivity index (χ3n) is 15.5. The van der Waals surface area contributed by atoms with Gasteiger partial charge in [-0.25, -0.2) is 0 Å². The van der Waals surface area contributed by atoms with E-state index >= 15 is 0 Å². The summed E-state index contributed by atoms with van der Waals surface area (Å²) in [6.45, 7) is 6.65. The Balaban J connectivity index is 4.07. The van der Waals surface area contributed by atoms with Crippen LogP contribution in [0.5, 0.6) is 0 Å². The minimum Gasteiger partial charge on any atom is -0.462 e. The Hall–Kier alpha value is -2.11. The molecule has 0 aliphatic heterocycles. The third-order valence-corrected chi connectivity index (χ3v) is 15.5. The van der Waals surface area contributed by atoms with Gasteiger partial charge in [0.05, 0.1) is 0 Å². The van der Waals surface area contributed by atoms with Crippen molar-refractivity contribution in [2.45, 2.75) is 386 Å². The van der Waals surface area contributed by atoms with Crippen molar-refractivity contribution in [1.82, 2.24) is 0 Å². The lowest BCUT2D eigenvalue weighted by Gasteiger charge is -2.18. The summed E-state index contributed by atoms with van der Waals surface area (Å²) in [6, 6.07) is 0. The van der Waals surface area contributed by atoms with Gasteiger partial charge in [-0.15, -0.1) is 0 Å². The molecule has 1 unspecified atom stereocenters. The first-order valence-electron chi connectivity index (χ1n) is 33.8. The van der Waals surface area contributed by atoms with Crippen LogP contribution in [0.1, 0.15) is 380 Å². The number of allylic oxidation sites excluding steroid dienone is 4. The molecule has 6 nitrogen and oxygen atoms in total. The number of esters is 3. The Morgan fingerprint density at radius 1 is 0.267 bits per heavy atom. The van der Waals surface area contributed by atoms with E-state index in [1.54, 1.807) is 0 Å². The number of hydrogen-bond donors (Lipinski definition) is 0. The molecule has 6 heteroatoms. The maximum atomic E-state index is 12.9. The zero-order valence-electron chi connectivity index (χ0n) is 50.8. The van der Waals surface area contributed by atoms with Gasteiger partial charge in [0.25, 0.3) is 0 Å². The van der Waals surface area contributed by atoms with Crippen LogP contribution >= 0.6 is 0 Å². The monoisotopic (exact) mass is 1050 g/mol. The van der Waals surface area contributed by atoms with Crippen molar-refractivity contribution in [1.29, 1.82) is 0 Å². The summed E-state index contributed by atoms with van der Waals surface area (Å²) in [5.41, 5.74) is 0. The lowest BCUT2D eigenvalue weighted by molar-refractivity contribution is -0.167. The molecule has 0 fully saturated rings. The number of ether oxygens (including phenoxy) is 3. The summed E-state index contributed by atoms with van der Waals surface area (Å²) >= 11 is 0. The zero-order chi connectivity index (χ0) is 54.3. The number of unbranched alkanes of at least 4 members (excludes halogenated alkanes) is 48. The van der Waals surface area contributed by atoms with Gasteiger partial charge in [0.2, 0.25) is 0 Å². The molecule has 75 heavy (non-hydrogen) atoms. The standard InChI is InChI=1S/C69H130O6/c1-4-7-10-13-16-19-22-25-27-28-29-30-31-32-33-34-35-36-37-38-39-40-41-42-43-45-47-50-53-56-59-62-68(71)74-65-66(64-73-67(70)61-58-55-52-49-46-24-21-18-15-12-9-6-3)75-69(72)63-60-57-54-51-48-44-26-23-20-17-14-11-8-5-2/h14,17,23,26,66H,4-13,15-16,18-22,24-25,27-65H2,1-3H3/b17-14-,26-23-. The molecule has 0 radical (unpaired) electrons. The van der Waals surface area contributed by atoms with Crippen LogP contribution in [-0.2, 0) is 28.6 Å². The van der Waals surface area contributed by atoms with Gasteiger partial charge in [-0.3, -0.25) is 14.4 Å². The van der Waals surface area contributed by atoms with Crippen molar-refractivity contribution in [3.8, 4) is 0 Å². The number of rotatable bonds is 63. The van der Waals surface area contributed by atoms with Crippen molar-refractivity contribution in [3.63, 3.8) is 0 Å². The van der Waals surface area contributed by atoms with Crippen LogP contribution in [0.15, 0.2) is 24.3 Å². The molecule has 0 bridgehead atoms. The van der Waals surface area contributed by atoms with Crippen molar-refractivity contribution in [2.24, 2.45) is 0 Å². The first kappa shape index (κ1) is 72.9. The Morgan fingerprint density at radius 3 is 0.773 bits per heavy atom. The van der Waals surface area contributed by atoms with E-state index in [0.717, 1.165) is 83.5 Å². The molecule has 0 rings (SSSR count). The smallest absolute Gasteiger partial charge is 0.306 e. The van der Waals surface area contributed by atoms with Crippen LogP contribution in [0.25, 0.3) is 0 Å². The van der Waals surface area contributed by atoms with E-state index in [9.17, 15) is 14.4 Å². The van der Waals surface area contributed by atoms with Crippen molar-refractivity contribution >= 4 is 17.9 Å². The van der Waals surface area contributed by atoms with Gasteiger partial charge in [0, 0.05) is 19.3 Å². The quantitative estimate of drug-likeness (QED) is 0.0261. The molecule has 0 aromatic rings. The minimum absolute atomic E-state index is 0.0713. The van der Waals surface area contributed by atoms with Crippen LogP contribution in [0.2, 0.25) is 0 Å². The summed E-state index contributed by atoms with van der Waals surface area (Å²) in [4.78, 5) is 38.2. The lowest BCUT2D eigenvalue weighted by atomic mass is 10.0. The molecule has 1 atom stereocenters. The molecule has 0 heterocycles. The highest BCUT2D eigenvalue weighted by atomic mass is 16.6. The van der Waals surface area contributed by atoms with E-state index < -0.39 is 6.10 Å². The van der Waals surface area contributed by atoms with Gasteiger partial charge >= 0.3 is 17.9 Å². The second-order valence-electron chi connectivity index (χ2n) is 23.1. The number of carbonyl (C=O) groups excluding carboxylic acids is 3. The molecular weight excluding hydrogens is 925 g/mol. The predicted molar refractivity (Wildman–Crippen MR) is 326 cm³/mol. The van der Waals surface area contributed by atoms with Crippen LogP contribution in [0, 0.1) is 0 Å². The summed E-state index contributed by atoms with van der Waals surface area (Å²) in [7, 11) is 0. The molecule has 0 amide bonds. The molecule has 0 aliphatic rings. The number of carbonyl (C=O) groups is 3. The SMILES string of the molecule is CCCC/C=C\C/C=C\CCCCCCCC(=O)OC(COC(=O)CCCCCCCCCCCCCC)COC(=O)CCCCCCCCCCCCCCCCCCCCCCCCCCCCCCCCC. The van der Waals surface area contributed by atoms with E-state index in [4.69, 9.17) is 14.2 Å². The lowest BCUT2D eigenvalue weighted by Crippen LogP contribution is -2.30. The van der Waals surface area contributed by atoms with Crippen LogP contribution < -0.4 is 0 Å². The number of hydrogen-bond acceptors (Lipinski definition) is 6. The van der Waals surface area contributed by atoms with Crippen molar-refractivity contribution in [3.05, 3.63) is 24.3 Å². The van der Waals surface area contributed by atoms with Gasteiger partial charge in [0.1, 0.15) is 13.2 Å². The molecule has 442 valence electrons. The maximum Gasteiger partial charge on any atom is 0.306 e. The Kier molecular flexibility index (Phi) is 62.6. The van der Waals surface area contributed by atoms with Gasteiger partial charge < -0.3 is 14.2 Å². The average Bonchev–Trinajstić information content (AvgIpc) is 3.41. The van der Waals surface area contributed by atoms with Gasteiger partial charge in [-0.05, 0) is 44.9 Å². The highest BCUT2D eigenvalue weighted by molar-refractivity contribution is 5.71. The van der Waals surface area contributed by atoms with Gasteiger partial charge in [-0.2, -0.15) is 0 Å². The first-order valence-corrected chi connectivity index (χ1v) is 33.8. The maximum absolute atomic E-state index is 12.9. The van der Waals surface area contributed by atoms with E-state index in [1.807, 2.05) is 0 Å². The summed E-state index contributed by atoms with van der Waals surface area (Å²) in [5, 5.41) is 0. The fourth-order valence-electron chi connectivity index (χ4n) is 10.3. The molecular formula is C69H130O6. The fraction of sp³-hybridized carbons (Fsp3) is 0.899. The summed E-state index contributed by atoms with van der Waals surface area (Å²) in [6.07, 6.45) is 77.9. The minimum atomic E-state index is -0.774. The average molecular weight is 1060 g/mol. The van der Waals surface area contributed by atoms with Gasteiger partial charge in [0.15, 0.2) is 6.10 Å². The second kappa shape index (κ2) is 64.4. The summed E-state index contributed by atoms with van der Waals surface area (Å²) in [5.74, 6) is -0.860. The van der Waals surface area contributed by atoms with Crippen LogP contribution in [-0.4, -0.2) is 37.2 Å². The van der Waals surface area contributed by atoms with Crippen molar-refractivity contribution in [2.75, 3.05) is 13.2 Å². The topological polar surface area (TPSA) is 78.9 Å². The third kappa shape index (κ3) is 62.6. The molecule has 0 N–H and O–H groups in total. The molecule has 0 aliphatic carbocycles. The Morgan fingerprint density at radius 2 is 0.493 bits per heavy atom. The van der Waals surface area contributed by atoms with Crippen LogP contribution in [0.3, 0.4) is 0 Å². The largest absolute Gasteiger partial charge is 0.462 e. The predicted octanol–water partition coefficient (Wildman–Crippen LogP) is 23.0. The van der Waals surface area contributed by atoms with Gasteiger partial charge in [-0.1, -0.05) is 340 Å². The zero-order valence-corrected chi connectivity index (χ0v) is 50.8. The highest BCUT2D eigenvalue weighted by Crippen LogP contribution is 2.19. The van der Waals surface area contributed by atoms with E-state index in [2.05, 4.69) is 45.1 Å². The van der Waals surface area contributed by atoms with Crippen molar-refractivity contribution < 1.29 is 28.6 Å². The molecule has 0 saturated carbocycles. The van der Waals surface area contributed by atoms with E-state index in [0.29, 0.717) is 19.3 Å². The Labute approximate surface area is 468 Å². The highest BCUT2D eigenvalue weighted by Gasteiger charge is 2.19. The normalized spacial score (nSPS) is 12.1. The Bertz CT molecular complexity index is 1210. The fourth-order valence-corrected chi connectivity index (χ4v) is 10.3. The molecule has 0 spiro atoms. The second-order valence-corrected chi connectivity index (χ2v) is 23.1. The molecule has 0 aromatic heterocycles. The van der Waals surface area contributed by atoms with E-state index in [1.165, 1.54) is 257 Å². The van der Waals surface area contributed by atoms with Crippen LogP contribution in [0.4, 0.5) is 0 Å². The summed E-state index contributed by atoms with van der Waals surface area (Å²) < 4.78 is 16.9. The molecule has 0 aromatic carbocycles. The van der Waals surface area contributed by atoms with E-state index in [-0.39, 0.29) is 31.1 Å². The first-order chi connectivity index (χ1) is 37.0.